The first-order chi connectivity index (χ1) is 7.08. The molecular weight excluding hydrogens is 216 g/mol. The van der Waals surface area contributed by atoms with Crippen LogP contribution in [0.15, 0.2) is 0 Å². The number of ether oxygens (including phenoxy) is 1. The van der Waals surface area contributed by atoms with Gasteiger partial charge in [0.1, 0.15) is 0 Å². The van der Waals surface area contributed by atoms with Gasteiger partial charge in [0.15, 0.2) is 0 Å². The minimum Gasteiger partial charge on any atom is -0.383 e. The smallest absolute Gasteiger partial charge is 0.214 e. The molecule has 0 amide bonds. The summed E-state index contributed by atoms with van der Waals surface area (Å²) in [6.45, 7) is 4.31. The lowest BCUT2D eigenvalue weighted by atomic mass is 10.3. The summed E-state index contributed by atoms with van der Waals surface area (Å²) in [5.41, 5.74) is 0. The first-order valence-corrected chi connectivity index (χ1v) is 6.88. The van der Waals surface area contributed by atoms with Crippen LogP contribution >= 0.6 is 0 Å². The molecule has 1 fully saturated rings. The van der Waals surface area contributed by atoms with Crippen molar-refractivity contribution in [1.29, 1.82) is 0 Å². The van der Waals surface area contributed by atoms with E-state index in [0.29, 0.717) is 26.1 Å². The zero-order valence-electron chi connectivity index (χ0n) is 9.40. The molecule has 6 heteroatoms. The van der Waals surface area contributed by atoms with Crippen LogP contribution in [-0.2, 0) is 14.8 Å². The maximum absolute atomic E-state index is 11.9. The van der Waals surface area contributed by atoms with Crippen molar-refractivity contribution in [3.63, 3.8) is 0 Å². The van der Waals surface area contributed by atoms with Crippen molar-refractivity contribution >= 4 is 10.0 Å². The Morgan fingerprint density at radius 1 is 1.53 bits per heavy atom. The Morgan fingerprint density at radius 2 is 2.27 bits per heavy atom. The van der Waals surface area contributed by atoms with Crippen molar-refractivity contribution in [2.45, 2.75) is 19.4 Å². The highest BCUT2D eigenvalue weighted by Crippen LogP contribution is 2.10. The molecule has 15 heavy (non-hydrogen) atoms. The number of methoxy groups -OCH3 is 1. The van der Waals surface area contributed by atoms with E-state index in [4.69, 9.17) is 4.74 Å². The molecule has 1 rings (SSSR count). The lowest BCUT2D eigenvalue weighted by Crippen LogP contribution is -2.48. The minimum absolute atomic E-state index is 0.00505. The highest BCUT2D eigenvalue weighted by atomic mass is 32.2. The average molecular weight is 236 g/mol. The van der Waals surface area contributed by atoms with Gasteiger partial charge in [-0.05, 0) is 19.9 Å². The van der Waals surface area contributed by atoms with Crippen LogP contribution in [0, 0.1) is 0 Å². The molecule has 1 unspecified atom stereocenters. The van der Waals surface area contributed by atoms with Crippen molar-refractivity contribution in [1.82, 2.24) is 9.62 Å². The van der Waals surface area contributed by atoms with Crippen LogP contribution in [0.2, 0.25) is 0 Å². The van der Waals surface area contributed by atoms with Crippen molar-refractivity contribution in [3.8, 4) is 0 Å². The molecule has 5 nitrogen and oxygen atoms in total. The van der Waals surface area contributed by atoms with E-state index in [1.54, 1.807) is 11.4 Å². The maximum atomic E-state index is 11.9. The number of hydrogen-bond donors (Lipinski definition) is 1. The Morgan fingerprint density at radius 3 is 2.93 bits per heavy atom. The average Bonchev–Trinajstić information content (AvgIpc) is 2.15. The van der Waals surface area contributed by atoms with E-state index in [0.717, 1.165) is 6.54 Å². The van der Waals surface area contributed by atoms with Crippen LogP contribution in [0.5, 0.6) is 0 Å². The van der Waals surface area contributed by atoms with Crippen LogP contribution in [0.3, 0.4) is 0 Å². The van der Waals surface area contributed by atoms with Crippen LogP contribution < -0.4 is 5.32 Å². The molecule has 90 valence electrons. The number of hydrogen-bond acceptors (Lipinski definition) is 4. The van der Waals surface area contributed by atoms with Crippen LogP contribution in [0.4, 0.5) is 0 Å². The van der Waals surface area contributed by atoms with Crippen molar-refractivity contribution in [2.24, 2.45) is 0 Å². The van der Waals surface area contributed by atoms with Gasteiger partial charge in [-0.1, -0.05) is 0 Å². The predicted molar refractivity (Wildman–Crippen MR) is 59.3 cm³/mol. The molecule has 0 aromatic rings. The molecule has 1 saturated heterocycles. The van der Waals surface area contributed by atoms with Crippen molar-refractivity contribution in [3.05, 3.63) is 0 Å². The Balaban J connectivity index is 2.71. The third kappa shape index (κ3) is 3.71. The van der Waals surface area contributed by atoms with E-state index in [-0.39, 0.29) is 11.8 Å². The fourth-order valence-electron chi connectivity index (χ4n) is 1.72. The van der Waals surface area contributed by atoms with Gasteiger partial charge in [-0.2, -0.15) is 4.31 Å². The number of nitrogens with zero attached hydrogens (tertiary/aromatic N) is 1. The second kappa shape index (κ2) is 5.79. The van der Waals surface area contributed by atoms with Crippen molar-refractivity contribution in [2.75, 3.05) is 39.1 Å². The first-order valence-electron chi connectivity index (χ1n) is 5.27. The molecular formula is C9H20N2O3S. The molecule has 0 spiro atoms. The molecule has 1 heterocycles. The number of sulfonamides is 1. The molecule has 0 radical (unpaired) electrons. The van der Waals surface area contributed by atoms with Gasteiger partial charge < -0.3 is 10.1 Å². The summed E-state index contributed by atoms with van der Waals surface area (Å²) >= 11 is 0. The van der Waals surface area contributed by atoms with Crippen LogP contribution in [-0.4, -0.2) is 57.9 Å². The van der Waals surface area contributed by atoms with Gasteiger partial charge in [-0.3, -0.25) is 0 Å². The minimum atomic E-state index is -3.09. The first kappa shape index (κ1) is 12.9. The van der Waals surface area contributed by atoms with E-state index in [2.05, 4.69) is 5.32 Å². The molecule has 1 aliphatic heterocycles. The number of nitrogens with one attached hydrogen (secondary N) is 1. The molecule has 0 saturated carbocycles. The summed E-state index contributed by atoms with van der Waals surface area (Å²) in [4.78, 5) is 0. The van der Waals surface area contributed by atoms with Gasteiger partial charge in [0, 0.05) is 26.2 Å². The Bertz CT molecular complexity index is 279. The van der Waals surface area contributed by atoms with Crippen molar-refractivity contribution < 1.29 is 13.2 Å². The second-order valence-electron chi connectivity index (χ2n) is 3.83. The molecule has 0 bridgehead atoms. The van der Waals surface area contributed by atoms with E-state index in [9.17, 15) is 8.42 Å². The molecule has 1 N–H and O–H groups in total. The lowest BCUT2D eigenvalue weighted by Gasteiger charge is -2.30. The van der Waals surface area contributed by atoms with E-state index >= 15 is 0 Å². The van der Waals surface area contributed by atoms with Crippen LogP contribution in [0.1, 0.15) is 13.3 Å². The largest absolute Gasteiger partial charge is 0.383 e. The zero-order chi connectivity index (χ0) is 11.3. The lowest BCUT2D eigenvalue weighted by molar-refractivity contribution is 0.167. The monoisotopic (exact) mass is 236 g/mol. The Hall–Kier alpha value is -0.170. The second-order valence-corrected chi connectivity index (χ2v) is 5.87. The molecule has 1 aliphatic rings. The van der Waals surface area contributed by atoms with Gasteiger partial charge in [0.25, 0.3) is 0 Å². The maximum Gasteiger partial charge on any atom is 0.214 e. The fourth-order valence-corrected chi connectivity index (χ4v) is 3.44. The summed E-state index contributed by atoms with van der Waals surface area (Å²) < 4.78 is 30.3. The quantitative estimate of drug-likeness (QED) is 0.727. The SMILES string of the molecule is COCCN1C(C)CNCCCS1(=O)=O. The Kier molecular flexibility index (Phi) is 4.98. The summed E-state index contributed by atoms with van der Waals surface area (Å²) in [6.07, 6.45) is 0.679. The number of rotatable bonds is 3. The van der Waals surface area contributed by atoms with Gasteiger partial charge in [0.05, 0.1) is 12.4 Å². The third-order valence-corrected chi connectivity index (χ3v) is 4.62. The van der Waals surface area contributed by atoms with E-state index in [1.165, 1.54) is 0 Å². The van der Waals surface area contributed by atoms with Gasteiger partial charge in [0.2, 0.25) is 10.0 Å². The van der Waals surface area contributed by atoms with E-state index < -0.39 is 10.0 Å². The van der Waals surface area contributed by atoms with E-state index in [1.807, 2.05) is 6.92 Å². The standard InChI is InChI=1S/C9H20N2O3S/c1-9-8-10-4-3-7-15(12,13)11(9)5-6-14-2/h9-10H,3-8H2,1-2H3. The zero-order valence-corrected chi connectivity index (χ0v) is 10.2. The normalized spacial score (nSPS) is 28.3. The van der Waals surface area contributed by atoms with Gasteiger partial charge in [-0.25, -0.2) is 8.42 Å². The summed E-state index contributed by atoms with van der Waals surface area (Å²) in [7, 11) is -1.51. The Labute approximate surface area is 91.8 Å². The predicted octanol–water partition coefficient (Wildman–Crippen LogP) is -0.354. The molecule has 1 atom stereocenters. The summed E-state index contributed by atoms with van der Waals surface area (Å²) in [6, 6.07) is 0.00505. The topological polar surface area (TPSA) is 58.6 Å². The molecule has 0 aromatic carbocycles. The van der Waals surface area contributed by atoms with Gasteiger partial charge >= 0.3 is 0 Å². The van der Waals surface area contributed by atoms with Crippen LogP contribution in [0.25, 0.3) is 0 Å². The molecule has 0 aromatic heterocycles. The third-order valence-electron chi connectivity index (χ3n) is 2.56. The summed E-state index contributed by atoms with van der Waals surface area (Å²) in [5, 5.41) is 3.23. The fraction of sp³-hybridized carbons (Fsp3) is 1.00. The summed E-state index contributed by atoms with van der Waals surface area (Å²) in [5.74, 6) is 0.230. The van der Waals surface area contributed by atoms with Gasteiger partial charge in [-0.15, -0.1) is 0 Å². The highest BCUT2D eigenvalue weighted by Gasteiger charge is 2.27. The highest BCUT2D eigenvalue weighted by molar-refractivity contribution is 7.89. The molecule has 0 aliphatic carbocycles.